The Bertz CT molecular complexity index is 358. The monoisotopic (exact) mass is 276 g/mol. The van der Waals surface area contributed by atoms with Crippen molar-refractivity contribution < 1.29 is 8.42 Å². The molecule has 1 saturated carbocycles. The maximum absolute atomic E-state index is 11.9. The number of rotatable bonds is 5. The van der Waals surface area contributed by atoms with Gasteiger partial charge in [0.15, 0.2) is 0 Å². The van der Waals surface area contributed by atoms with Crippen LogP contribution < -0.4 is 10.0 Å². The summed E-state index contributed by atoms with van der Waals surface area (Å²) in [5, 5.41) is 2.87. The van der Waals surface area contributed by atoms with Crippen molar-refractivity contribution in [2.24, 2.45) is 10.8 Å². The third-order valence-electron chi connectivity index (χ3n) is 3.52. The molecule has 0 amide bonds. The average molecular weight is 276 g/mol. The van der Waals surface area contributed by atoms with Crippen LogP contribution in [-0.2, 0) is 10.0 Å². The first kappa shape index (κ1) is 15.9. The topological polar surface area (TPSA) is 58.2 Å². The fourth-order valence-corrected chi connectivity index (χ4v) is 4.74. The molecule has 0 heterocycles. The summed E-state index contributed by atoms with van der Waals surface area (Å²) < 4.78 is 26.7. The number of hydrogen-bond donors (Lipinski definition) is 2. The Hall–Kier alpha value is -0.130. The van der Waals surface area contributed by atoms with Crippen molar-refractivity contribution in [3.63, 3.8) is 0 Å². The van der Waals surface area contributed by atoms with Crippen molar-refractivity contribution in [2.75, 3.05) is 19.3 Å². The maximum Gasteiger partial charge on any atom is 0.213 e. The first-order chi connectivity index (χ1) is 8.05. The summed E-state index contributed by atoms with van der Waals surface area (Å²) in [5.41, 5.74) is 0.413. The van der Waals surface area contributed by atoms with Crippen LogP contribution in [0.4, 0.5) is 0 Å². The number of sulfonamides is 1. The summed E-state index contributed by atoms with van der Waals surface area (Å²) in [7, 11) is -1.39. The molecule has 0 radical (unpaired) electrons. The van der Waals surface area contributed by atoms with Crippen molar-refractivity contribution in [3.05, 3.63) is 0 Å². The minimum absolute atomic E-state index is 0.0746. The van der Waals surface area contributed by atoms with Crippen LogP contribution in [0, 0.1) is 10.8 Å². The van der Waals surface area contributed by atoms with E-state index in [-0.39, 0.29) is 22.6 Å². The summed E-state index contributed by atoms with van der Waals surface area (Å²) in [4.78, 5) is 0. The molecule has 1 fully saturated rings. The second kappa shape index (κ2) is 5.47. The van der Waals surface area contributed by atoms with Gasteiger partial charge in [-0.25, -0.2) is 13.1 Å². The van der Waals surface area contributed by atoms with Gasteiger partial charge in [-0.2, -0.15) is 0 Å². The van der Waals surface area contributed by atoms with E-state index in [4.69, 9.17) is 0 Å². The minimum Gasteiger partial charge on any atom is -0.319 e. The van der Waals surface area contributed by atoms with Crippen LogP contribution >= 0.6 is 0 Å². The lowest BCUT2D eigenvalue weighted by molar-refractivity contribution is 0.0934. The van der Waals surface area contributed by atoms with E-state index in [9.17, 15) is 8.42 Å². The summed E-state index contributed by atoms with van der Waals surface area (Å²) in [6.07, 6.45) is 3.00. The summed E-state index contributed by atoms with van der Waals surface area (Å²) in [6.45, 7) is 9.39. The molecule has 0 bridgehead atoms. The predicted molar refractivity (Wildman–Crippen MR) is 76.1 cm³/mol. The highest BCUT2D eigenvalue weighted by Gasteiger charge is 2.39. The van der Waals surface area contributed by atoms with Gasteiger partial charge in [0, 0.05) is 12.6 Å². The SMILES string of the molecule is CNCCS(=O)(=O)NC1CC(C)(C)CC(C)(C)C1. The van der Waals surface area contributed by atoms with Gasteiger partial charge in [-0.3, -0.25) is 0 Å². The Morgan fingerprint density at radius 1 is 1.11 bits per heavy atom. The zero-order valence-electron chi connectivity index (χ0n) is 12.3. The smallest absolute Gasteiger partial charge is 0.213 e. The van der Waals surface area contributed by atoms with Gasteiger partial charge in [0.05, 0.1) is 5.75 Å². The van der Waals surface area contributed by atoms with Crippen LogP contribution in [0.5, 0.6) is 0 Å². The number of nitrogens with one attached hydrogen (secondary N) is 2. The van der Waals surface area contributed by atoms with E-state index in [0.29, 0.717) is 6.54 Å². The third kappa shape index (κ3) is 5.24. The van der Waals surface area contributed by atoms with Gasteiger partial charge in [-0.05, 0) is 37.1 Å². The molecular weight excluding hydrogens is 248 g/mol. The van der Waals surface area contributed by atoms with Gasteiger partial charge >= 0.3 is 0 Å². The molecule has 1 aliphatic rings. The zero-order chi connectivity index (χ0) is 14.0. The third-order valence-corrected chi connectivity index (χ3v) is 4.96. The summed E-state index contributed by atoms with van der Waals surface area (Å²) in [6, 6.07) is 0.0746. The van der Waals surface area contributed by atoms with Crippen molar-refractivity contribution in [2.45, 2.75) is 53.0 Å². The van der Waals surface area contributed by atoms with Crippen LogP contribution in [0.15, 0.2) is 0 Å². The first-order valence-corrected chi connectivity index (χ1v) is 8.35. The molecule has 5 heteroatoms. The Labute approximate surface area is 112 Å². The average Bonchev–Trinajstić information content (AvgIpc) is 2.08. The van der Waals surface area contributed by atoms with Crippen LogP contribution in [0.3, 0.4) is 0 Å². The Morgan fingerprint density at radius 3 is 2.06 bits per heavy atom. The molecular formula is C13H28N2O2S. The second-order valence-electron chi connectivity index (χ2n) is 7.15. The molecule has 1 rings (SSSR count). The first-order valence-electron chi connectivity index (χ1n) is 6.70. The van der Waals surface area contributed by atoms with Crippen LogP contribution in [0.1, 0.15) is 47.0 Å². The highest BCUT2D eigenvalue weighted by atomic mass is 32.2. The Morgan fingerprint density at radius 2 is 1.61 bits per heavy atom. The fourth-order valence-electron chi connectivity index (χ4n) is 3.48. The van der Waals surface area contributed by atoms with E-state index >= 15 is 0 Å². The standard InChI is InChI=1S/C13H28N2O2S/c1-12(2)8-11(9-13(3,4)10-12)15-18(16,17)7-6-14-5/h11,14-15H,6-10H2,1-5H3. The molecule has 108 valence electrons. The van der Waals surface area contributed by atoms with E-state index < -0.39 is 10.0 Å². The van der Waals surface area contributed by atoms with Crippen LogP contribution in [-0.4, -0.2) is 33.8 Å². The van der Waals surface area contributed by atoms with E-state index in [2.05, 4.69) is 37.7 Å². The molecule has 0 atom stereocenters. The van der Waals surface area contributed by atoms with E-state index in [1.165, 1.54) is 0 Å². The molecule has 0 aliphatic heterocycles. The lowest BCUT2D eigenvalue weighted by Gasteiger charge is -2.45. The Balaban J connectivity index is 2.67. The fraction of sp³-hybridized carbons (Fsp3) is 1.00. The van der Waals surface area contributed by atoms with Crippen LogP contribution in [0.2, 0.25) is 0 Å². The van der Waals surface area contributed by atoms with Gasteiger partial charge in [0.2, 0.25) is 10.0 Å². The normalized spacial score (nSPS) is 24.1. The Kier molecular flexibility index (Phi) is 4.84. The lowest BCUT2D eigenvalue weighted by atomic mass is 9.64. The number of hydrogen-bond acceptors (Lipinski definition) is 3. The van der Waals surface area contributed by atoms with Gasteiger partial charge in [0.1, 0.15) is 0 Å². The molecule has 0 unspecified atom stereocenters. The van der Waals surface area contributed by atoms with Gasteiger partial charge in [-0.15, -0.1) is 0 Å². The molecule has 0 aromatic rings. The van der Waals surface area contributed by atoms with Crippen molar-refractivity contribution in [1.82, 2.24) is 10.0 Å². The molecule has 18 heavy (non-hydrogen) atoms. The van der Waals surface area contributed by atoms with Gasteiger partial charge in [0.25, 0.3) is 0 Å². The molecule has 0 spiro atoms. The molecule has 0 saturated heterocycles. The zero-order valence-corrected chi connectivity index (χ0v) is 13.2. The molecule has 2 N–H and O–H groups in total. The largest absolute Gasteiger partial charge is 0.319 e. The van der Waals surface area contributed by atoms with Crippen molar-refractivity contribution in [1.29, 1.82) is 0 Å². The van der Waals surface area contributed by atoms with Gasteiger partial charge in [-0.1, -0.05) is 27.7 Å². The van der Waals surface area contributed by atoms with Crippen molar-refractivity contribution in [3.8, 4) is 0 Å². The van der Waals surface area contributed by atoms with Gasteiger partial charge < -0.3 is 5.32 Å². The molecule has 0 aromatic heterocycles. The maximum atomic E-state index is 11.9. The molecule has 1 aliphatic carbocycles. The summed E-state index contributed by atoms with van der Waals surface area (Å²) >= 11 is 0. The highest BCUT2D eigenvalue weighted by Crippen LogP contribution is 2.45. The van der Waals surface area contributed by atoms with Crippen LogP contribution in [0.25, 0.3) is 0 Å². The molecule has 0 aromatic carbocycles. The van der Waals surface area contributed by atoms with Crippen molar-refractivity contribution >= 4 is 10.0 Å². The highest BCUT2D eigenvalue weighted by molar-refractivity contribution is 7.89. The lowest BCUT2D eigenvalue weighted by Crippen LogP contribution is -2.47. The van der Waals surface area contributed by atoms with E-state index in [1.54, 1.807) is 7.05 Å². The second-order valence-corrected chi connectivity index (χ2v) is 9.02. The quantitative estimate of drug-likeness (QED) is 0.804. The molecule has 4 nitrogen and oxygen atoms in total. The van der Waals surface area contributed by atoms with E-state index in [0.717, 1.165) is 19.3 Å². The predicted octanol–water partition coefficient (Wildman–Crippen LogP) is 1.73. The van der Waals surface area contributed by atoms with E-state index in [1.807, 2.05) is 0 Å². The minimum atomic E-state index is -3.16. The summed E-state index contributed by atoms with van der Waals surface area (Å²) in [5.74, 6) is 0.154.